The normalized spacial score (nSPS) is 16.3. The van der Waals surface area contributed by atoms with Crippen LogP contribution in [0.2, 0.25) is 5.02 Å². The van der Waals surface area contributed by atoms with Crippen LogP contribution in [-0.4, -0.2) is 23.4 Å². The number of halogens is 1. The first-order valence-electron chi connectivity index (χ1n) is 9.71. The van der Waals surface area contributed by atoms with Crippen LogP contribution in [0.15, 0.2) is 81.4 Å². The molecule has 1 N–H and O–H groups in total. The molecule has 0 saturated heterocycles. The summed E-state index contributed by atoms with van der Waals surface area (Å²) in [5.41, 5.74) is 4.45. The molecule has 0 aliphatic heterocycles. The summed E-state index contributed by atoms with van der Waals surface area (Å²) in [5.74, 6) is 1.13. The van der Waals surface area contributed by atoms with Crippen molar-refractivity contribution in [2.24, 2.45) is 5.92 Å². The third-order valence-electron chi connectivity index (χ3n) is 5.36. The highest BCUT2D eigenvalue weighted by molar-refractivity contribution is 8.01. The number of Topliss-reactive ketones (excluding diaryl/α,β-unsaturated/α-hetero) is 1. The predicted octanol–water partition coefficient (Wildman–Crippen LogP) is 7.24. The standard InChI is InChI=1S/C24H21ClO3S2/c25-20-10-7-17(8-11-20)16-3-5-18(6-4-16)24(26)21-12-9-19(22(21)14-28-27)15-30-23-2-1-13-29-23/h1-8,10-11,13,19,27H,9,12,14-15H2. The Balaban J connectivity index is 1.51. The first-order chi connectivity index (χ1) is 14.7. The third-order valence-corrected chi connectivity index (χ3v) is 7.91. The summed E-state index contributed by atoms with van der Waals surface area (Å²) in [4.78, 5) is 17.7. The van der Waals surface area contributed by atoms with Gasteiger partial charge in [0.25, 0.3) is 0 Å². The van der Waals surface area contributed by atoms with Crippen molar-refractivity contribution in [2.75, 3.05) is 12.4 Å². The quantitative estimate of drug-likeness (QED) is 0.168. The van der Waals surface area contributed by atoms with Crippen LogP contribution in [-0.2, 0) is 4.89 Å². The van der Waals surface area contributed by atoms with Crippen LogP contribution in [0, 0.1) is 5.92 Å². The highest BCUT2D eigenvalue weighted by Crippen LogP contribution is 2.38. The lowest BCUT2D eigenvalue weighted by Crippen LogP contribution is -2.11. The zero-order valence-electron chi connectivity index (χ0n) is 16.2. The van der Waals surface area contributed by atoms with Crippen LogP contribution in [0.3, 0.4) is 0 Å². The Morgan fingerprint density at radius 1 is 1.10 bits per heavy atom. The van der Waals surface area contributed by atoms with E-state index in [1.807, 2.05) is 54.6 Å². The van der Waals surface area contributed by atoms with Gasteiger partial charge in [-0.1, -0.05) is 54.1 Å². The summed E-state index contributed by atoms with van der Waals surface area (Å²) < 4.78 is 1.26. The molecule has 30 heavy (non-hydrogen) atoms. The largest absolute Gasteiger partial charge is 0.289 e. The van der Waals surface area contributed by atoms with Crippen molar-refractivity contribution in [3.8, 4) is 11.1 Å². The maximum absolute atomic E-state index is 13.2. The van der Waals surface area contributed by atoms with E-state index in [0.717, 1.165) is 34.4 Å². The molecule has 0 spiro atoms. The minimum absolute atomic E-state index is 0.0216. The van der Waals surface area contributed by atoms with Gasteiger partial charge in [-0.25, -0.2) is 4.89 Å². The molecular weight excluding hydrogens is 436 g/mol. The third kappa shape index (κ3) is 4.88. The van der Waals surface area contributed by atoms with E-state index in [-0.39, 0.29) is 18.3 Å². The Hall–Kier alpha value is -1.89. The molecule has 0 bridgehead atoms. The second kappa shape index (κ2) is 9.94. The first-order valence-corrected chi connectivity index (χ1v) is 12.0. The number of thiophene rings is 1. The summed E-state index contributed by atoms with van der Waals surface area (Å²) in [6.07, 6.45) is 1.62. The van der Waals surface area contributed by atoms with E-state index in [4.69, 9.17) is 16.9 Å². The summed E-state index contributed by atoms with van der Waals surface area (Å²) in [6, 6.07) is 19.4. The number of benzene rings is 2. The molecule has 1 atom stereocenters. The molecule has 6 heteroatoms. The topological polar surface area (TPSA) is 46.5 Å². The van der Waals surface area contributed by atoms with Crippen molar-refractivity contribution in [2.45, 2.75) is 17.1 Å². The van der Waals surface area contributed by atoms with Crippen LogP contribution in [0.25, 0.3) is 11.1 Å². The van der Waals surface area contributed by atoms with Gasteiger partial charge in [-0.2, -0.15) is 0 Å². The van der Waals surface area contributed by atoms with Crippen LogP contribution >= 0.6 is 34.7 Å². The molecule has 1 unspecified atom stereocenters. The number of carbonyl (C=O) groups is 1. The average Bonchev–Trinajstić information content (AvgIpc) is 3.43. The number of rotatable bonds is 8. The van der Waals surface area contributed by atoms with E-state index in [9.17, 15) is 4.79 Å². The van der Waals surface area contributed by atoms with Crippen LogP contribution in [0.1, 0.15) is 23.2 Å². The Morgan fingerprint density at radius 2 is 1.80 bits per heavy atom. The number of allylic oxidation sites excluding steroid dienone is 1. The zero-order chi connectivity index (χ0) is 20.9. The van der Waals surface area contributed by atoms with E-state index in [1.54, 1.807) is 23.1 Å². The molecule has 4 rings (SSSR count). The first kappa shape index (κ1) is 21.3. The lowest BCUT2D eigenvalue weighted by atomic mass is 9.96. The van der Waals surface area contributed by atoms with Crippen molar-refractivity contribution in [3.05, 3.63) is 87.8 Å². The average molecular weight is 457 g/mol. The molecule has 1 aliphatic rings. The maximum atomic E-state index is 13.2. The number of carbonyl (C=O) groups excluding carboxylic acids is 1. The lowest BCUT2D eigenvalue weighted by molar-refractivity contribution is -0.235. The smallest absolute Gasteiger partial charge is 0.189 e. The SMILES string of the molecule is O=C(C1=C(COO)C(CSc2cccs2)CC1)c1ccc(-c2ccc(Cl)cc2)cc1. The highest BCUT2D eigenvalue weighted by Gasteiger charge is 2.30. The fourth-order valence-corrected chi connectivity index (χ4v) is 5.90. The molecule has 3 nitrogen and oxygen atoms in total. The van der Waals surface area contributed by atoms with E-state index in [1.165, 1.54) is 4.21 Å². The molecule has 1 aromatic heterocycles. The Labute approximate surface area is 189 Å². The van der Waals surface area contributed by atoms with Gasteiger partial charge in [0.15, 0.2) is 5.78 Å². The second-order valence-electron chi connectivity index (χ2n) is 7.17. The summed E-state index contributed by atoms with van der Waals surface area (Å²) in [5, 5.41) is 11.9. The lowest BCUT2D eigenvalue weighted by Gasteiger charge is -2.13. The van der Waals surface area contributed by atoms with Gasteiger partial charge in [-0.15, -0.1) is 23.1 Å². The van der Waals surface area contributed by atoms with Gasteiger partial charge in [0.1, 0.15) is 6.61 Å². The molecule has 2 aromatic carbocycles. The number of hydrogen-bond acceptors (Lipinski definition) is 5. The van der Waals surface area contributed by atoms with Gasteiger partial charge >= 0.3 is 0 Å². The van der Waals surface area contributed by atoms with E-state index >= 15 is 0 Å². The van der Waals surface area contributed by atoms with Crippen molar-refractivity contribution in [1.29, 1.82) is 0 Å². The second-order valence-corrected chi connectivity index (χ2v) is 9.87. The summed E-state index contributed by atoms with van der Waals surface area (Å²) >= 11 is 9.47. The van der Waals surface area contributed by atoms with Gasteiger partial charge in [0.05, 0.1) is 4.21 Å². The Kier molecular flexibility index (Phi) is 7.08. The highest BCUT2D eigenvalue weighted by atomic mass is 35.5. The van der Waals surface area contributed by atoms with Crippen LogP contribution in [0.5, 0.6) is 0 Å². The van der Waals surface area contributed by atoms with E-state index in [2.05, 4.69) is 16.3 Å². The summed E-state index contributed by atoms with van der Waals surface area (Å²) in [7, 11) is 0. The van der Waals surface area contributed by atoms with Gasteiger partial charge in [0.2, 0.25) is 0 Å². The Morgan fingerprint density at radius 3 is 2.43 bits per heavy atom. The number of ketones is 1. The van der Waals surface area contributed by atoms with Gasteiger partial charge < -0.3 is 0 Å². The predicted molar refractivity (Wildman–Crippen MR) is 125 cm³/mol. The number of hydrogen-bond donors (Lipinski definition) is 1. The van der Waals surface area contributed by atoms with Crippen molar-refractivity contribution >= 4 is 40.5 Å². The van der Waals surface area contributed by atoms with Crippen molar-refractivity contribution in [3.63, 3.8) is 0 Å². The minimum Gasteiger partial charge on any atom is -0.289 e. The molecule has 3 aromatic rings. The van der Waals surface area contributed by atoms with Crippen molar-refractivity contribution < 1.29 is 14.9 Å². The fraction of sp³-hybridized carbons (Fsp3) is 0.208. The molecular formula is C24H21ClO3S2. The van der Waals surface area contributed by atoms with Gasteiger partial charge in [-0.3, -0.25) is 10.1 Å². The minimum atomic E-state index is 0.0216. The fourth-order valence-electron chi connectivity index (χ4n) is 3.78. The molecule has 0 radical (unpaired) electrons. The summed E-state index contributed by atoms with van der Waals surface area (Å²) in [6.45, 7) is 0.0829. The molecule has 0 fully saturated rings. The van der Waals surface area contributed by atoms with E-state index < -0.39 is 0 Å². The molecule has 1 heterocycles. The molecule has 1 aliphatic carbocycles. The van der Waals surface area contributed by atoms with Crippen LogP contribution in [0.4, 0.5) is 0 Å². The monoisotopic (exact) mass is 456 g/mol. The maximum Gasteiger partial charge on any atom is 0.189 e. The Bertz CT molecular complexity index is 1030. The molecule has 0 saturated carbocycles. The van der Waals surface area contributed by atoms with Gasteiger partial charge in [-0.05, 0) is 59.0 Å². The van der Waals surface area contributed by atoms with Gasteiger partial charge in [0, 0.05) is 21.9 Å². The molecule has 0 amide bonds. The number of thioether (sulfide) groups is 1. The molecule has 154 valence electrons. The van der Waals surface area contributed by atoms with Crippen molar-refractivity contribution in [1.82, 2.24) is 0 Å². The van der Waals surface area contributed by atoms with Crippen LogP contribution < -0.4 is 0 Å². The zero-order valence-corrected chi connectivity index (χ0v) is 18.6. The van der Waals surface area contributed by atoms with E-state index in [0.29, 0.717) is 17.0 Å².